The smallest absolute Gasteiger partial charge is 0.319 e. The van der Waals surface area contributed by atoms with Crippen molar-refractivity contribution in [2.75, 3.05) is 11.9 Å². The number of carbonyl (C=O) groups is 1. The molecule has 4 N–H and O–H groups in total. The SMILES string of the molecule is Cc1nc(-c2ccc(Cl)cc2)ccc1NC(=O)NCCc1ccc(S(N)(=O)=O)cc1. The highest BCUT2D eigenvalue weighted by Crippen LogP contribution is 2.23. The van der Waals surface area contributed by atoms with Crippen LogP contribution in [0.3, 0.4) is 0 Å². The summed E-state index contributed by atoms with van der Waals surface area (Å²) in [4.78, 5) is 16.8. The number of nitrogens with zero attached hydrogens (tertiary/aromatic N) is 1. The van der Waals surface area contributed by atoms with Crippen LogP contribution in [0.25, 0.3) is 11.3 Å². The van der Waals surface area contributed by atoms with E-state index in [1.807, 2.05) is 25.1 Å². The van der Waals surface area contributed by atoms with Crippen LogP contribution in [0, 0.1) is 6.92 Å². The van der Waals surface area contributed by atoms with E-state index in [4.69, 9.17) is 16.7 Å². The number of sulfonamides is 1. The lowest BCUT2D eigenvalue weighted by Gasteiger charge is -2.11. The number of urea groups is 1. The lowest BCUT2D eigenvalue weighted by molar-refractivity contribution is 0.252. The van der Waals surface area contributed by atoms with Crippen molar-refractivity contribution in [1.29, 1.82) is 0 Å². The van der Waals surface area contributed by atoms with Gasteiger partial charge in [0, 0.05) is 17.1 Å². The number of hydrogen-bond donors (Lipinski definition) is 3. The Morgan fingerprint density at radius 1 is 1.03 bits per heavy atom. The summed E-state index contributed by atoms with van der Waals surface area (Å²) in [5, 5.41) is 11.3. The van der Waals surface area contributed by atoms with Crippen molar-refractivity contribution in [3.8, 4) is 11.3 Å². The van der Waals surface area contributed by atoms with Crippen LogP contribution in [0.5, 0.6) is 0 Å². The average molecular weight is 445 g/mol. The molecule has 3 aromatic rings. The molecule has 0 saturated heterocycles. The molecule has 7 nitrogen and oxygen atoms in total. The number of nitrogens with one attached hydrogen (secondary N) is 2. The third kappa shape index (κ3) is 5.79. The number of aromatic nitrogens is 1. The first kappa shape index (κ1) is 21.8. The van der Waals surface area contributed by atoms with Crippen molar-refractivity contribution in [1.82, 2.24) is 10.3 Å². The van der Waals surface area contributed by atoms with Crippen molar-refractivity contribution in [2.45, 2.75) is 18.2 Å². The zero-order valence-corrected chi connectivity index (χ0v) is 17.8. The van der Waals surface area contributed by atoms with E-state index in [-0.39, 0.29) is 10.9 Å². The van der Waals surface area contributed by atoms with Gasteiger partial charge in [-0.2, -0.15) is 0 Å². The lowest BCUT2D eigenvalue weighted by Crippen LogP contribution is -2.30. The molecular weight excluding hydrogens is 424 g/mol. The number of primary sulfonamides is 1. The highest BCUT2D eigenvalue weighted by molar-refractivity contribution is 7.89. The summed E-state index contributed by atoms with van der Waals surface area (Å²) >= 11 is 5.91. The van der Waals surface area contributed by atoms with E-state index in [2.05, 4.69) is 15.6 Å². The first-order valence-corrected chi connectivity index (χ1v) is 11.0. The standard InChI is InChI=1S/C21H21ClN4O3S/c1-14-19(10-11-20(25-14)16-4-6-17(22)7-5-16)26-21(27)24-13-12-15-2-8-18(9-3-15)30(23,28)29/h2-11H,12-13H2,1H3,(H2,23,28,29)(H2,24,26,27). The van der Waals surface area contributed by atoms with Crippen LogP contribution >= 0.6 is 11.6 Å². The Morgan fingerprint density at radius 2 is 1.70 bits per heavy atom. The van der Waals surface area contributed by atoms with Gasteiger partial charge in [-0.3, -0.25) is 4.98 Å². The minimum atomic E-state index is -3.71. The molecule has 156 valence electrons. The van der Waals surface area contributed by atoms with E-state index in [0.29, 0.717) is 29.4 Å². The number of amides is 2. The number of benzene rings is 2. The monoisotopic (exact) mass is 444 g/mol. The van der Waals surface area contributed by atoms with Gasteiger partial charge in [0.2, 0.25) is 10.0 Å². The van der Waals surface area contributed by atoms with Gasteiger partial charge < -0.3 is 10.6 Å². The molecule has 3 rings (SSSR count). The maximum Gasteiger partial charge on any atom is 0.319 e. The quantitative estimate of drug-likeness (QED) is 0.537. The lowest BCUT2D eigenvalue weighted by atomic mass is 10.1. The molecule has 9 heteroatoms. The first-order chi connectivity index (χ1) is 14.2. The molecule has 0 fully saturated rings. The number of halogens is 1. The van der Waals surface area contributed by atoms with Gasteiger partial charge in [0.1, 0.15) is 0 Å². The van der Waals surface area contributed by atoms with Crippen LogP contribution < -0.4 is 15.8 Å². The van der Waals surface area contributed by atoms with Crippen LogP contribution in [-0.4, -0.2) is 26.0 Å². The van der Waals surface area contributed by atoms with Crippen molar-refractivity contribution in [3.63, 3.8) is 0 Å². The molecule has 0 aliphatic heterocycles. The molecule has 30 heavy (non-hydrogen) atoms. The maximum absolute atomic E-state index is 12.2. The van der Waals surface area contributed by atoms with Crippen LogP contribution in [0.1, 0.15) is 11.3 Å². The molecule has 0 radical (unpaired) electrons. The maximum atomic E-state index is 12.2. The predicted octanol–water partition coefficient (Wildman–Crippen LogP) is 3.72. The molecule has 1 heterocycles. The molecule has 0 unspecified atom stereocenters. The summed E-state index contributed by atoms with van der Waals surface area (Å²) in [7, 11) is -3.71. The first-order valence-electron chi connectivity index (χ1n) is 9.12. The van der Waals surface area contributed by atoms with Gasteiger partial charge in [-0.1, -0.05) is 35.9 Å². The largest absolute Gasteiger partial charge is 0.338 e. The number of aryl methyl sites for hydroxylation is 1. The Bertz CT molecular complexity index is 1150. The Labute approximate surface area is 180 Å². The van der Waals surface area contributed by atoms with Gasteiger partial charge in [-0.25, -0.2) is 18.4 Å². The number of pyridine rings is 1. The predicted molar refractivity (Wildman–Crippen MR) is 118 cm³/mol. The minimum Gasteiger partial charge on any atom is -0.338 e. The van der Waals surface area contributed by atoms with Gasteiger partial charge in [-0.05, 0) is 55.3 Å². The fraction of sp³-hybridized carbons (Fsp3) is 0.143. The van der Waals surface area contributed by atoms with Crippen LogP contribution in [0.4, 0.5) is 10.5 Å². The molecule has 0 aliphatic rings. The van der Waals surface area contributed by atoms with E-state index in [0.717, 1.165) is 16.8 Å². The van der Waals surface area contributed by atoms with E-state index in [9.17, 15) is 13.2 Å². The van der Waals surface area contributed by atoms with Gasteiger partial charge in [0.05, 0.1) is 22.0 Å². The summed E-state index contributed by atoms with van der Waals surface area (Å²) < 4.78 is 22.5. The van der Waals surface area contributed by atoms with Crippen molar-refractivity contribution in [3.05, 3.63) is 76.9 Å². The van der Waals surface area contributed by atoms with Gasteiger partial charge in [0.25, 0.3) is 0 Å². The fourth-order valence-electron chi connectivity index (χ4n) is 2.81. The molecule has 0 aliphatic carbocycles. The van der Waals surface area contributed by atoms with Crippen molar-refractivity contribution >= 4 is 33.3 Å². The second kappa shape index (κ2) is 9.25. The number of carbonyl (C=O) groups excluding carboxylic acids is 1. The second-order valence-corrected chi connectivity index (χ2v) is 8.65. The number of anilines is 1. The third-order valence-electron chi connectivity index (χ3n) is 4.43. The van der Waals surface area contributed by atoms with Crippen LogP contribution in [-0.2, 0) is 16.4 Å². The zero-order chi connectivity index (χ0) is 21.7. The topological polar surface area (TPSA) is 114 Å². The minimum absolute atomic E-state index is 0.0574. The Balaban J connectivity index is 1.54. The summed E-state index contributed by atoms with van der Waals surface area (Å²) in [6.45, 7) is 2.21. The van der Waals surface area contributed by atoms with Crippen molar-refractivity contribution in [2.24, 2.45) is 5.14 Å². The molecule has 0 bridgehead atoms. The summed E-state index contributed by atoms with van der Waals surface area (Å²) in [5.41, 5.74) is 3.91. The van der Waals surface area contributed by atoms with Gasteiger partial charge >= 0.3 is 6.03 Å². The molecule has 0 atom stereocenters. The highest BCUT2D eigenvalue weighted by Gasteiger charge is 2.09. The van der Waals surface area contributed by atoms with E-state index in [1.54, 1.807) is 30.3 Å². The Morgan fingerprint density at radius 3 is 2.30 bits per heavy atom. The third-order valence-corrected chi connectivity index (χ3v) is 5.61. The Kier molecular flexibility index (Phi) is 6.71. The molecule has 0 saturated carbocycles. The molecular formula is C21H21ClN4O3S. The highest BCUT2D eigenvalue weighted by atomic mass is 35.5. The van der Waals surface area contributed by atoms with E-state index in [1.165, 1.54) is 12.1 Å². The Hall–Kier alpha value is -2.94. The van der Waals surface area contributed by atoms with Crippen LogP contribution in [0.15, 0.2) is 65.6 Å². The number of nitrogens with two attached hydrogens (primary N) is 1. The number of rotatable bonds is 6. The van der Waals surface area contributed by atoms with Crippen molar-refractivity contribution < 1.29 is 13.2 Å². The molecule has 2 amide bonds. The van der Waals surface area contributed by atoms with Gasteiger partial charge in [-0.15, -0.1) is 0 Å². The van der Waals surface area contributed by atoms with E-state index >= 15 is 0 Å². The summed E-state index contributed by atoms with van der Waals surface area (Å²) in [6.07, 6.45) is 0.547. The second-order valence-electron chi connectivity index (χ2n) is 6.66. The zero-order valence-electron chi connectivity index (χ0n) is 16.2. The summed E-state index contributed by atoms with van der Waals surface area (Å²) in [6, 6.07) is 16.9. The van der Waals surface area contributed by atoms with E-state index < -0.39 is 10.0 Å². The average Bonchev–Trinajstić information content (AvgIpc) is 2.70. The molecule has 1 aromatic heterocycles. The number of hydrogen-bond acceptors (Lipinski definition) is 4. The molecule has 2 aromatic carbocycles. The normalized spacial score (nSPS) is 11.2. The van der Waals surface area contributed by atoms with Gasteiger partial charge in [0.15, 0.2) is 0 Å². The fourth-order valence-corrected chi connectivity index (χ4v) is 3.45. The molecule has 0 spiro atoms. The van der Waals surface area contributed by atoms with Crippen LogP contribution in [0.2, 0.25) is 5.02 Å². The summed E-state index contributed by atoms with van der Waals surface area (Å²) in [5.74, 6) is 0.